The predicted octanol–water partition coefficient (Wildman–Crippen LogP) is 2.02. The molecular formula is C22H29N3O4. The number of hydrogen-bond acceptors (Lipinski definition) is 6. The van der Waals surface area contributed by atoms with E-state index in [1.807, 2.05) is 42.5 Å². The Morgan fingerprint density at radius 3 is 2.21 bits per heavy atom. The fourth-order valence-electron chi connectivity index (χ4n) is 3.39. The zero-order chi connectivity index (χ0) is 20.5. The second kappa shape index (κ2) is 10.6. The number of nitrogens with one attached hydrogen (secondary N) is 1. The number of amides is 1. The van der Waals surface area contributed by atoms with E-state index < -0.39 is 0 Å². The van der Waals surface area contributed by atoms with Gasteiger partial charge in [0.1, 0.15) is 12.4 Å². The summed E-state index contributed by atoms with van der Waals surface area (Å²) in [7, 11) is 3.30. The van der Waals surface area contributed by atoms with Crippen LogP contribution in [0, 0.1) is 0 Å². The summed E-state index contributed by atoms with van der Waals surface area (Å²) in [5.74, 6) is 2.26. The molecule has 0 bridgehead atoms. The molecule has 0 saturated carbocycles. The van der Waals surface area contributed by atoms with E-state index in [4.69, 9.17) is 14.2 Å². The van der Waals surface area contributed by atoms with Crippen molar-refractivity contribution in [2.75, 3.05) is 65.0 Å². The molecule has 2 aromatic carbocycles. The van der Waals surface area contributed by atoms with Crippen molar-refractivity contribution in [2.24, 2.45) is 0 Å². The zero-order valence-corrected chi connectivity index (χ0v) is 17.1. The first-order chi connectivity index (χ1) is 14.2. The molecule has 1 fully saturated rings. The predicted molar refractivity (Wildman–Crippen MR) is 113 cm³/mol. The van der Waals surface area contributed by atoms with Crippen LogP contribution in [0.4, 0.5) is 5.69 Å². The van der Waals surface area contributed by atoms with E-state index in [1.165, 1.54) is 0 Å². The van der Waals surface area contributed by atoms with Gasteiger partial charge in [-0.1, -0.05) is 24.3 Å². The summed E-state index contributed by atoms with van der Waals surface area (Å²) in [6, 6.07) is 15.5. The molecule has 0 aliphatic carbocycles. The smallest absolute Gasteiger partial charge is 0.234 e. The van der Waals surface area contributed by atoms with Gasteiger partial charge < -0.3 is 24.4 Å². The van der Waals surface area contributed by atoms with E-state index in [9.17, 15) is 4.79 Å². The van der Waals surface area contributed by atoms with Gasteiger partial charge in [-0.25, -0.2) is 0 Å². The molecule has 29 heavy (non-hydrogen) atoms. The molecule has 1 heterocycles. The van der Waals surface area contributed by atoms with Crippen molar-refractivity contribution < 1.29 is 19.0 Å². The Bertz CT molecular complexity index is 791. The number of hydrogen-bond donors (Lipinski definition) is 1. The van der Waals surface area contributed by atoms with Crippen LogP contribution in [-0.2, 0) is 4.79 Å². The highest BCUT2D eigenvalue weighted by Gasteiger charge is 2.20. The van der Waals surface area contributed by atoms with Crippen LogP contribution in [0.15, 0.2) is 48.5 Å². The normalized spacial score (nSPS) is 14.3. The van der Waals surface area contributed by atoms with Crippen molar-refractivity contribution in [3.05, 3.63) is 48.5 Å². The SMILES string of the molecule is COc1ccccc1OCCNC(=O)CN1CCN(c2ccccc2OC)CC1. The first kappa shape index (κ1) is 20.8. The molecule has 7 heteroatoms. The second-order valence-corrected chi connectivity index (χ2v) is 6.78. The summed E-state index contributed by atoms with van der Waals surface area (Å²) in [6.45, 7) is 4.65. The van der Waals surface area contributed by atoms with Crippen molar-refractivity contribution in [1.82, 2.24) is 10.2 Å². The highest BCUT2D eigenvalue weighted by atomic mass is 16.5. The summed E-state index contributed by atoms with van der Waals surface area (Å²) in [6.07, 6.45) is 0. The molecule has 1 aliphatic heterocycles. The van der Waals surface area contributed by atoms with Gasteiger partial charge in [0.2, 0.25) is 5.91 Å². The average molecular weight is 399 g/mol. The third-order valence-corrected chi connectivity index (χ3v) is 4.92. The van der Waals surface area contributed by atoms with Crippen molar-refractivity contribution in [2.45, 2.75) is 0 Å². The maximum absolute atomic E-state index is 12.2. The van der Waals surface area contributed by atoms with Crippen LogP contribution >= 0.6 is 0 Å². The average Bonchev–Trinajstić information content (AvgIpc) is 2.77. The molecule has 156 valence electrons. The number of piperazine rings is 1. The van der Waals surface area contributed by atoms with Gasteiger partial charge in [0, 0.05) is 26.2 Å². The van der Waals surface area contributed by atoms with Crippen LogP contribution in [0.2, 0.25) is 0 Å². The van der Waals surface area contributed by atoms with Gasteiger partial charge in [0.05, 0.1) is 33.0 Å². The minimum absolute atomic E-state index is 0.0133. The van der Waals surface area contributed by atoms with Crippen LogP contribution in [0.1, 0.15) is 0 Å². The quantitative estimate of drug-likeness (QED) is 0.651. The van der Waals surface area contributed by atoms with Crippen LogP contribution in [0.25, 0.3) is 0 Å². The number of ether oxygens (including phenoxy) is 3. The Kier molecular flexibility index (Phi) is 7.58. The van der Waals surface area contributed by atoms with Crippen LogP contribution in [0.3, 0.4) is 0 Å². The lowest BCUT2D eigenvalue weighted by molar-refractivity contribution is -0.122. The molecule has 1 amide bonds. The minimum Gasteiger partial charge on any atom is -0.495 e. The van der Waals surface area contributed by atoms with Crippen molar-refractivity contribution in [3.63, 3.8) is 0 Å². The Labute approximate surface area is 172 Å². The monoisotopic (exact) mass is 399 g/mol. The Morgan fingerprint density at radius 2 is 1.52 bits per heavy atom. The van der Waals surface area contributed by atoms with Gasteiger partial charge in [-0.3, -0.25) is 9.69 Å². The lowest BCUT2D eigenvalue weighted by atomic mass is 10.2. The number of methoxy groups -OCH3 is 2. The molecule has 0 aromatic heterocycles. The number of carbonyl (C=O) groups is 1. The third kappa shape index (κ3) is 5.77. The number of carbonyl (C=O) groups excluding carboxylic acids is 1. The molecule has 7 nitrogen and oxygen atoms in total. The van der Waals surface area contributed by atoms with Gasteiger partial charge in [-0.05, 0) is 24.3 Å². The fraction of sp³-hybridized carbons (Fsp3) is 0.409. The largest absolute Gasteiger partial charge is 0.495 e. The summed E-state index contributed by atoms with van der Waals surface area (Å²) in [5, 5.41) is 2.92. The Morgan fingerprint density at radius 1 is 0.897 bits per heavy atom. The number of anilines is 1. The first-order valence-corrected chi connectivity index (χ1v) is 9.84. The maximum Gasteiger partial charge on any atom is 0.234 e. The topological polar surface area (TPSA) is 63.3 Å². The van der Waals surface area contributed by atoms with Crippen LogP contribution in [-0.4, -0.2) is 70.9 Å². The first-order valence-electron chi connectivity index (χ1n) is 9.84. The lowest BCUT2D eigenvalue weighted by Gasteiger charge is -2.36. The Hall–Kier alpha value is -2.93. The highest BCUT2D eigenvalue weighted by Crippen LogP contribution is 2.28. The summed E-state index contributed by atoms with van der Waals surface area (Å²) in [5.41, 5.74) is 1.10. The van der Waals surface area contributed by atoms with Crippen molar-refractivity contribution >= 4 is 11.6 Å². The molecule has 1 N–H and O–H groups in total. The Balaban J connectivity index is 1.36. The van der Waals surface area contributed by atoms with E-state index in [-0.39, 0.29) is 5.91 Å². The number of nitrogens with zero attached hydrogens (tertiary/aromatic N) is 2. The number of benzene rings is 2. The van der Waals surface area contributed by atoms with Gasteiger partial charge in [-0.2, -0.15) is 0 Å². The van der Waals surface area contributed by atoms with Crippen LogP contribution in [0.5, 0.6) is 17.2 Å². The van der Waals surface area contributed by atoms with Crippen molar-refractivity contribution in [1.29, 1.82) is 0 Å². The second-order valence-electron chi connectivity index (χ2n) is 6.78. The van der Waals surface area contributed by atoms with Crippen LogP contribution < -0.4 is 24.4 Å². The van der Waals surface area contributed by atoms with Gasteiger partial charge in [0.15, 0.2) is 11.5 Å². The van der Waals surface area contributed by atoms with E-state index in [0.29, 0.717) is 31.2 Å². The molecule has 1 saturated heterocycles. The van der Waals surface area contributed by atoms with Gasteiger partial charge in [-0.15, -0.1) is 0 Å². The highest BCUT2D eigenvalue weighted by molar-refractivity contribution is 5.78. The molecule has 0 spiro atoms. The maximum atomic E-state index is 12.2. The van der Waals surface area contributed by atoms with E-state index in [2.05, 4.69) is 21.2 Å². The van der Waals surface area contributed by atoms with E-state index in [0.717, 1.165) is 37.6 Å². The number of rotatable bonds is 9. The molecule has 2 aromatic rings. The summed E-state index contributed by atoms with van der Waals surface area (Å²) < 4.78 is 16.4. The number of para-hydroxylation sites is 4. The zero-order valence-electron chi connectivity index (χ0n) is 17.1. The molecule has 0 radical (unpaired) electrons. The minimum atomic E-state index is 0.0133. The van der Waals surface area contributed by atoms with Crippen molar-refractivity contribution in [3.8, 4) is 17.2 Å². The fourth-order valence-corrected chi connectivity index (χ4v) is 3.39. The molecule has 0 unspecified atom stereocenters. The van der Waals surface area contributed by atoms with Gasteiger partial charge >= 0.3 is 0 Å². The molecular weight excluding hydrogens is 370 g/mol. The molecule has 0 atom stereocenters. The third-order valence-electron chi connectivity index (χ3n) is 4.92. The summed E-state index contributed by atoms with van der Waals surface area (Å²) in [4.78, 5) is 16.7. The molecule has 1 aliphatic rings. The molecule has 3 rings (SSSR count). The van der Waals surface area contributed by atoms with Gasteiger partial charge in [0.25, 0.3) is 0 Å². The van der Waals surface area contributed by atoms with E-state index in [1.54, 1.807) is 14.2 Å². The summed E-state index contributed by atoms with van der Waals surface area (Å²) >= 11 is 0. The lowest BCUT2D eigenvalue weighted by Crippen LogP contribution is -2.49. The van der Waals surface area contributed by atoms with E-state index >= 15 is 0 Å². The standard InChI is InChI=1S/C22H29N3O4/c1-27-19-8-4-3-7-18(19)25-14-12-24(13-15-25)17-22(26)23-11-16-29-21-10-6-5-9-20(21)28-2/h3-10H,11-17H2,1-2H3,(H,23,26).